The van der Waals surface area contributed by atoms with Crippen LogP contribution in [-0.4, -0.2) is 45.9 Å². The van der Waals surface area contributed by atoms with Crippen LogP contribution >= 0.6 is 11.3 Å². The largest absolute Gasteiger partial charge is 0.297 e. The average molecular weight is 338 g/mol. The zero-order chi connectivity index (χ0) is 16.4. The summed E-state index contributed by atoms with van der Waals surface area (Å²) in [6.07, 6.45) is 1.93. The Balaban J connectivity index is 1.37. The number of rotatable bonds is 4. The van der Waals surface area contributed by atoms with Gasteiger partial charge in [0.05, 0.1) is 16.2 Å². The van der Waals surface area contributed by atoms with Crippen LogP contribution in [0.15, 0.2) is 41.9 Å². The summed E-state index contributed by atoms with van der Waals surface area (Å²) in [7, 11) is 0. The fourth-order valence-corrected chi connectivity index (χ4v) is 3.95. The fourth-order valence-electron chi connectivity index (χ4n) is 3.35. The van der Waals surface area contributed by atoms with E-state index in [1.807, 2.05) is 6.20 Å². The number of nitrogens with zero attached hydrogens (tertiary/aromatic N) is 4. The molecule has 0 N–H and O–H groups in total. The van der Waals surface area contributed by atoms with Gasteiger partial charge in [0.2, 0.25) is 0 Å². The quantitative estimate of drug-likeness (QED) is 0.730. The van der Waals surface area contributed by atoms with E-state index in [0.29, 0.717) is 0 Å². The average Bonchev–Trinajstić information content (AvgIpc) is 3.02. The zero-order valence-electron chi connectivity index (χ0n) is 14.0. The molecule has 0 saturated carbocycles. The third-order valence-corrected chi connectivity index (χ3v) is 5.47. The summed E-state index contributed by atoms with van der Waals surface area (Å²) < 4.78 is 0. The van der Waals surface area contributed by atoms with E-state index in [2.05, 4.69) is 62.4 Å². The highest BCUT2D eigenvalue weighted by Gasteiger charge is 2.18. The van der Waals surface area contributed by atoms with Gasteiger partial charge in [-0.3, -0.25) is 14.8 Å². The minimum Gasteiger partial charge on any atom is -0.297 e. The molecule has 0 amide bonds. The first-order chi connectivity index (χ1) is 11.8. The van der Waals surface area contributed by atoms with Crippen molar-refractivity contribution in [2.75, 3.05) is 26.2 Å². The second-order valence-electron chi connectivity index (χ2n) is 6.40. The number of thiazole rings is 1. The van der Waals surface area contributed by atoms with E-state index in [-0.39, 0.29) is 0 Å². The van der Waals surface area contributed by atoms with E-state index < -0.39 is 0 Å². The number of para-hydroxylation sites is 1. The number of benzene rings is 1. The van der Waals surface area contributed by atoms with Crippen LogP contribution in [-0.2, 0) is 13.1 Å². The Morgan fingerprint density at radius 3 is 2.50 bits per heavy atom. The zero-order valence-corrected chi connectivity index (χ0v) is 14.8. The van der Waals surface area contributed by atoms with Crippen molar-refractivity contribution in [2.24, 2.45) is 0 Å². The third-order valence-electron chi connectivity index (χ3n) is 4.65. The molecule has 0 atom stereocenters. The van der Waals surface area contributed by atoms with Crippen LogP contribution in [0.5, 0.6) is 0 Å². The molecule has 3 heterocycles. The van der Waals surface area contributed by atoms with E-state index in [0.717, 1.165) is 49.8 Å². The maximum atomic E-state index is 4.58. The molecule has 124 valence electrons. The summed E-state index contributed by atoms with van der Waals surface area (Å²) in [5.74, 6) is 0. The van der Waals surface area contributed by atoms with Gasteiger partial charge < -0.3 is 0 Å². The molecule has 5 heteroatoms. The second kappa shape index (κ2) is 6.97. The van der Waals surface area contributed by atoms with Crippen LogP contribution in [0.1, 0.15) is 16.3 Å². The smallest absolute Gasteiger partial charge is 0.0897 e. The number of fused-ring (bicyclic) bond motifs is 1. The minimum atomic E-state index is 0.983. The highest BCUT2D eigenvalue weighted by Crippen LogP contribution is 2.19. The van der Waals surface area contributed by atoms with Gasteiger partial charge in [0.1, 0.15) is 0 Å². The molecule has 3 aromatic rings. The molecule has 2 aromatic heterocycles. The molecule has 0 bridgehead atoms. The van der Waals surface area contributed by atoms with Crippen molar-refractivity contribution < 1.29 is 0 Å². The van der Waals surface area contributed by atoms with Gasteiger partial charge in [-0.25, -0.2) is 4.98 Å². The van der Waals surface area contributed by atoms with Crippen LogP contribution in [0.25, 0.3) is 10.9 Å². The normalized spacial score (nSPS) is 16.7. The lowest BCUT2D eigenvalue weighted by atomic mass is 10.1. The maximum Gasteiger partial charge on any atom is 0.0897 e. The van der Waals surface area contributed by atoms with Gasteiger partial charge >= 0.3 is 0 Å². The number of aromatic nitrogens is 2. The molecular formula is C19H22N4S. The highest BCUT2D eigenvalue weighted by atomic mass is 32.1. The molecule has 0 spiro atoms. The Labute approximate surface area is 146 Å². The predicted molar refractivity (Wildman–Crippen MR) is 99.1 cm³/mol. The Kier molecular flexibility index (Phi) is 4.56. The van der Waals surface area contributed by atoms with Crippen molar-refractivity contribution >= 4 is 22.2 Å². The van der Waals surface area contributed by atoms with E-state index in [1.165, 1.54) is 16.6 Å². The predicted octanol–water partition coefficient (Wildman–Crippen LogP) is 3.32. The third kappa shape index (κ3) is 3.48. The summed E-state index contributed by atoms with van der Waals surface area (Å²) in [4.78, 5) is 14.1. The Morgan fingerprint density at radius 2 is 1.75 bits per heavy atom. The molecule has 1 aliphatic rings. The van der Waals surface area contributed by atoms with Crippen molar-refractivity contribution in [1.82, 2.24) is 19.8 Å². The standard InChI is InChI=1S/C19H22N4S/c1-15-21-17(14-24-15)13-23-10-8-22(9-11-23)12-16-6-7-20-19-5-3-2-4-18(16)19/h2-7,14H,8-13H2,1H3. The molecule has 1 aromatic carbocycles. The monoisotopic (exact) mass is 338 g/mol. The van der Waals surface area contributed by atoms with Crippen LogP contribution in [0.2, 0.25) is 0 Å². The highest BCUT2D eigenvalue weighted by molar-refractivity contribution is 7.09. The minimum absolute atomic E-state index is 0.983. The van der Waals surface area contributed by atoms with Gasteiger partial charge in [-0.05, 0) is 24.6 Å². The van der Waals surface area contributed by atoms with Crippen molar-refractivity contribution in [3.05, 3.63) is 58.2 Å². The van der Waals surface area contributed by atoms with E-state index in [4.69, 9.17) is 0 Å². The first-order valence-corrected chi connectivity index (χ1v) is 9.34. The lowest BCUT2D eigenvalue weighted by molar-refractivity contribution is 0.121. The van der Waals surface area contributed by atoms with Gasteiger partial charge in [-0.1, -0.05) is 18.2 Å². The van der Waals surface area contributed by atoms with Crippen LogP contribution in [0.3, 0.4) is 0 Å². The number of hydrogen-bond acceptors (Lipinski definition) is 5. The molecule has 0 unspecified atom stereocenters. The molecular weight excluding hydrogens is 316 g/mol. The van der Waals surface area contributed by atoms with Crippen molar-refractivity contribution in [1.29, 1.82) is 0 Å². The lowest BCUT2D eigenvalue weighted by Crippen LogP contribution is -2.45. The molecule has 1 aliphatic heterocycles. The SMILES string of the molecule is Cc1nc(CN2CCN(Cc3ccnc4ccccc34)CC2)cs1. The van der Waals surface area contributed by atoms with Crippen LogP contribution < -0.4 is 0 Å². The fraction of sp³-hybridized carbons (Fsp3) is 0.368. The number of piperazine rings is 1. The molecule has 24 heavy (non-hydrogen) atoms. The molecule has 1 fully saturated rings. The molecule has 0 aliphatic carbocycles. The summed E-state index contributed by atoms with van der Waals surface area (Å²) in [6.45, 7) is 8.51. The summed E-state index contributed by atoms with van der Waals surface area (Å²) in [6, 6.07) is 10.6. The second-order valence-corrected chi connectivity index (χ2v) is 7.46. The number of hydrogen-bond donors (Lipinski definition) is 0. The molecule has 4 rings (SSSR count). The topological polar surface area (TPSA) is 32.3 Å². The number of aryl methyl sites for hydroxylation is 1. The van der Waals surface area contributed by atoms with Gasteiger partial charge in [0.15, 0.2) is 0 Å². The van der Waals surface area contributed by atoms with Crippen molar-refractivity contribution in [3.63, 3.8) is 0 Å². The Morgan fingerprint density at radius 1 is 1.00 bits per heavy atom. The summed E-state index contributed by atoms with van der Waals surface area (Å²) >= 11 is 1.74. The van der Waals surface area contributed by atoms with Gasteiger partial charge in [-0.2, -0.15) is 0 Å². The Hall–Kier alpha value is -1.82. The van der Waals surface area contributed by atoms with Crippen molar-refractivity contribution in [3.8, 4) is 0 Å². The van der Waals surface area contributed by atoms with Crippen LogP contribution in [0.4, 0.5) is 0 Å². The lowest BCUT2D eigenvalue weighted by Gasteiger charge is -2.34. The van der Waals surface area contributed by atoms with E-state index >= 15 is 0 Å². The maximum absolute atomic E-state index is 4.58. The summed E-state index contributed by atoms with van der Waals surface area (Å²) in [5, 5.41) is 4.62. The van der Waals surface area contributed by atoms with Gasteiger partial charge in [0, 0.05) is 56.2 Å². The number of pyridine rings is 1. The molecule has 4 nitrogen and oxygen atoms in total. The van der Waals surface area contributed by atoms with Crippen LogP contribution in [0, 0.1) is 6.92 Å². The molecule has 0 radical (unpaired) electrons. The summed E-state index contributed by atoms with van der Waals surface area (Å²) in [5.41, 5.74) is 3.68. The first-order valence-electron chi connectivity index (χ1n) is 8.46. The van der Waals surface area contributed by atoms with E-state index in [1.54, 1.807) is 11.3 Å². The van der Waals surface area contributed by atoms with Gasteiger partial charge in [-0.15, -0.1) is 11.3 Å². The van der Waals surface area contributed by atoms with Gasteiger partial charge in [0.25, 0.3) is 0 Å². The molecule has 1 saturated heterocycles. The Bertz CT molecular complexity index is 816. The first kappa shape index (κ1) is 15.7. The van der Waals surface area contributed by atoms with Crippen molar-refractivity contribution in [2.45, 2.75) is 20.0 Å². The van der Waals surface area contributed by atoms with E-state index in [9.17, 15) is 0 Å².